The first-order chi connectivity index (χ1) is 6.69. The van der Waals surface area contributed by atoms with Gasteiger partial charge in [-0.3, -0.25) is 4.79 Å². The van der Waals surface area contributed by atoms with Gasteiger partial charge < -0.3 is 10.6 Å². The Kier molecular flexibility index (Phi) is 4.39. The van der Waals surface area contributed by atoms with Gasteiger partial charge in [0, 0.05) is 25.0 Å². The van der Waals surface area contributed by atoms with Crippen molar-refractivity contribution < 1.29 is 4.79 Å². The SMILES string of the molecule is CCCN(C(=O)CC(N)CC)C1CC1. The highest BCUT2D eigenvalue weighted by molar-refractivity contribution is 5.77. The smallest absolute Gasteiger partial charge is 0.224 e. The molecule has 0 aromatic heterocycles. The molecule has 0 heterocycles. The number of rotatable bonds is 6. The van der Waals surface area contributed by atoms with Gasteiger partial charge in [-0.2, -0.15) is 0 Å². The molecule has 0 aliphatic heterocycles. The van der Waals surface area contributed by atoms with E-state index in [9.17, 15) is 4.79 Å². The molecule has 2 N–H and O–H groups in total. The van der Waals surface area contributed by atoms with Crippen LogP contribution < -0.4 is 5.73 Å². The maximum atomic E-state index is 11.8. The van der Waals surface area contributed by atoms with E-state index in [0.717, 1.165) is 19.4 Å². The molecule has 1 atom stereocenters. The topological polar surface area (TPSA) is 46.3 Å². The molecule has 14 heavy (non-hydrogen) atoms. The zero-order chi connectivity index (χ0) is 10.6. The van der Waals surface area contributed by atoms with Crippen LogP contribution in [0.2, 0.25) is 0 Å². The van der Waals surface area contributed by atoms with Crippen LogP contribution in [0.15, 0.2) is 0 Å². The molecule has 1 rings (SSSR count). The summed E-state index contributed by atoms with van der Waals surface area (Å²) in [4.78, 5) is 13.9. The highest BCUT2D eigenvalue weighted by atomic mass is 16.2. The van der Waals surface area contributed by atoms with E-state index < -0.39 is 0 Å². The zero-order valence-corrected chi connectivity index (χ0v) is 9.33. The van der Waals surface area contributed by atoms with Crippen molar-refractivity contribution in [1.29, 1.82) is 0 Å². The number of carbonyl (C=O) groups is 1. The maximum absolute atomic E-state index is 11.8. The van der Waals surface area contributed by atoms with Crippen LogP contribution in [0.3, 0.4) is 0 Å². The van der Waals surface area contributed by atoms with Crippen LogP contribution in [0.4, 0.5) is 0 Å². The normalized spacial score (nSPS) is 17.9. The third kappa shape index (κ3) is 3.29. The number of hydrogen-bond acceptors (Lipinski definition) is 2. The predicted molar refractivity (Wildman–Crippen MR) is 57.9 cm³/mol. The van der Waals surface area contributed by atoms with Crippen molar-refractivity contribution in [2.75, 3.05) is 6.54 Å². The Hall–Kier alpha value is -0.570. The van der Waals surface area contributed by atoms with E-state index in [1.54, 1.807) is 0 Å². The summed E-state index contributed by atoms with van der Waals surface area (Å²) in [5.74, 6) is 0.253. The van der Waals surface area contributed by atoms with Crippen LogP contribution in [-0.2, 0) is 4.79 Å². The van der Waals surface area contributed by atoms with Crippen molar-refractivity contribution in [2.24, 2.45) is 5.73 Å². The van der Waals surface area contributed by atoms with Crippen molar-refractivity contribution in [3.8, 4) is 0 Å². The largest absolute Gasteiger partial charge is 0.340 e. The molecule has 1 amide bonds. The molecule has 1 fully saturated rings. The number of nitrogens with two attached hydrogens (primary N) is 1. The molecule has 1 saturated carbocycles. The molecule has 0 radical (unpaired) electrons. The highest BCUT2D eigenvalue weighted by Gasteiger charge is 2.31. The van der Waals surface area contributed by atoms with Crippen LogP contribution >= 0.6 is 0 Å². The van der Waals surface area contributed by atoms with E-state index in [-0.39, 0.29) is 11.9 Å². The molecule has 0 aromatic rings. The molecule has 3 nitrogen and oxygen atoms in total. The van der Waals surface area contributed by atoms with E-state index >= 15 is 0 Å². The lowest BCUT2D eigenvalue weighted by Crippen LogP contribution is -2.37. The van der Waals surface area contributed by atoms with E-state index in [4.69, 9.17) is 5.73 Å². The molecule has 0 spiro atoms. The molecule has 0 saturated heterocycles. The van der Waals surface area contributed by atoms with Gasteiger partial charge in [0.25, 0.3) is 0 Å². The van der Waals surface area contributed by atoms with Gasteiger partial charge in [0.1, 0.15) is 0 Å². The number of carbonyl (C=O) groups excluding carboxylic acids is 1. The summed E-state index contributed by atoms with van der Waals surface area (Å²) in [5.41, 5.74) is 5.78. The Labute approximate surface area is 86.6 Å². The quantitative estimate of drug-likeness (QED) is 0.703. The van der Waals surface area contributed by atoms with E-state index in [1.165, 1.54) is 12.8 Å². The van der Waals surface area contributed by atoms with Gasteiger partial charge in [-0.1, -0.05) is 13.8 Å². The lowest BCUT2D eigenvalue weighted by atomic mass is 10.1. The zero-order valence-electron chi connectivity index (χ0n) is 9.33. The average Bonchev–Trinajstić information content (AvgIpc) is 2.97. The molecule has 82 valence electrons. The fraction of sp³-hybridized carbons (Fsp3) is 0.909. The molecule has 1 unspecified atom stereocenters. The Balaban J connectivity index is 2.37. The monoisotopic (exact) mass is 198 g/mol. The van der Waals surface area contributed by atoms with Gasteiger partial charge in [-0.15, -0.1) is 0 Å². The van der Waals surface area contributed by atoms with Crippen molar-refractivity contribution >= 4 is 5.91 Å². The third-order valence-corrected chi connectivity index (χ3v) is 2.73. The van der Waals surface area contributed by atoms with E-state index in [2.05, 4.69) is 6.92 Å². The second kappa shape index (κ2) is 5.35. The molecule has 0 aromatic carbocycles. The second-order valence-electron chi connectivity index (χ2n) is 4.19. The van der Waals surface area contributed by atoms with Crippen molar-refractivity contribution in [2.45, 2.75) is 58.0 Å². The number of hydrogen-bond donors (Lipinski definition) is 1. The Morgan fingerprint density at radius 1 is 1.50 bits per heavy atom. The minimum absolute atomic E-state index is 0.0422. The fourth-order valence-electron chi connectivity index (χ4n) is 1.62. The number of amides is 1. The van der Waals surface area contributed by atoms with Gasteiger partial charge in [-0.05, 0) is 25.7 Å². The highest BCUT2D eigenvalue weighted by Crippen LogP contribution is 2.27. The maximum Gasteiger partial charge on any atom is 0.224 e. The first-order valence-corrected chi connectivity index (χ1v) is 5.74. The Morgan fingerprint density at radius 3 is 2.57 bits per heavy atom. The fourth-order valence-corrected chi connectivity index (χ4v) is 1.62. The van der Waals surface area contributed by atoms with Gasteiger partial charge in [-0.25, -0.2) is 0 Å². The minimum atomic E-state index is 0.0422. The molecule has 0 bridgehead atoms. The van der Waals surface area contributed by atoms with Crippen molar-refractivity contribution in [1.82, 2.24) is 4.90 Å². The van der Waals surface area contributed by atoms with Crippen LogP contribution in [0.1, 0.15) is 46.0 Å². The summed E-state index contributed by atoms with van der Waals surface area (Å²) in [7, 11) is 0. The second-order valence-corrected chi connectivity index (χ2v) is 4.19. The predicted octanol–water partition coefficient (Wildman–Crippen LogP) is 1.51. The summed E-state index contributed by atoms with van der Waals surface area (Å²) in [6, 6.07) is 0.576. The summed E-state index contributed by atoms with van der Waals surface area (Å²) in [6.07, 6.45) is 4.83. The van der Waals surface area contributed by atoms with Gasteiger partial charge >= 0.3 is 0 Å². The first-order valence-electron chi connectivity index (χ1n) is 5.74. The van der Waals surface area contributed by atoms with Crippen LogP contribution in [0, 0.1) is 0 Å². The summed E-state index contributed by atoms with van der Waals surface area (Å²) < 4.78 is 0. The summed E-state index contributed by atoms with van der Waals surface area (Å²) >= 11 is 0. The summed E-state index contributed by atoms with van der Waals surface area (Å²) in [5, 5.41) is 0. The van der Waals surface area contributed by atoms with E-state index in [1.807, 2.05) is 11.8 Å². The lowest BCUT2D eigenvalue weighted by Gasteiger charge is -2.23. The number of nitrogens with zero attached hydrogens (tertiary/aromatic N) is 1. The first kappa shape index (κ1) is 11.5. The molecule has 1 aliphatic carbocycles. The standard InChI is InChI=1S/C11H22N2O/c1-3-7-13(10-5-6-10)11(14)8-9(12)4-2/h9-10H,3-8,12H2,1-2H3. The molecule has 3 heteroatoms. The molecular formula is C11H22N2O. The van der Waals surface area contributed by atoms with E-state index in [0.29, 0.717) is 12.5 Å². The van der Waals surface area contributed by atoms with Crippen molar-refractivity contribution in [3.05, 3.63) is 0 Å². The van der Waals surface area contributed by atoms with Crippen LogP contribution in [0.25, 0.3) is 0 Å². The van der Waals surface area contributed by atoms with Gasteiger partial charge in [0.2, 0.25) is 5.91 Å². The Bertz CT molecular complexity index is 190. The average molecular weight is 198 g/mol. The van der Waals surface area contributed by atoms with Crippen LogP contribution in [0.5, 0.6) is 0 Å². The minimum Gasteiger partial charge on any atom is -0.340 e. The third-order valence-electron chi connectivity index (χ3n) is 2.73. The Morgan fingerprint density at radius 2 is 2.14 bits per heavy atom. The molecular weight excluding hydrogens is 176 g/mol. The van der Waals surface area contributed by atoms with Gasteiger partial charge in [0.15, 0.2) is 0 Å². The summed E-state index contributed by atoms with van der Waals surface area (Å²) in [6.45, 7) is 5.04. The van der Waals surface area contributed by atoms with Crippen LogP contribution in [-0.4, -0.2) is 29.4 Å². The van der Waals surface area contributed by atoms with Gasteiger partial charge in [0.05, 0.1) is 0 Å². The van der Waals surface area contributed by atoms with Crippen molar-refractivity contribution in [3.63, 3.8) is 0 Å². The lowest BCUT2D eigenvalue weighted by molar-refractivity contribution is -0.132. The molecule has 1 aliphatic rings.